The number of carbonyl (C=O) groups excluding carboxylic acids is 1. The van der Waals surface area contributed by atoms with E-state index in [0.717, 1.165) is 6.42 Å². The number of methoxy groups -OCH3 is 1. The molecule has 0 bridgehead atoms. The van der Waals surface area contributed by atoms with Gasteiger partial charge in [0.25, 0.3) is 0 Å². The predicted molar refractivity (Wildman–Crippen MR) is 103 cm³/mol. The molecule has 142 valence electrons. The van der Waals surface area contributed by atoms with Crippen molar-refractivity contribution in [1.29, 1.82) is 0 Å². The van der Waals surface area contributed by atoms with Gasteiger partial charge in [-0.2, -0.15) is 0 Å². The largest absolute Gasteiger partial charge is 0.448 e. The van der Waals surface area contributed by atoms with E-state index in [9.17, 15) is 9.90 Å². The van der Waals surface area contributed by atoms with Crippen molar-refractivity contribution in [1.82, 2.24) is 4.90 Å². The third-order valence-electron chi connectivity index (χ3n) is 5.82. The fraction of sp³-hybridized carbons (Fsp3) is 0.409. The van der Waals surface area contributed by atoms with Crippen LogP contribution >= 0.6 is 0 Å². The number of aliphatic hydroxyl groups is 1. The Kier molecular flexibility index (Phi) is 4.89. The van der Waals surface area contributed by atoms with Gasteiger partial charge in [0.15, 0.2) is 0 Å². The second-order valence-electron chi connectivity index (χ2n) is 7.57. The number of likely N-dealkylation sites (tertiary alicyclic amines) is 1. The standard InChI is InChI=1S/C22H25NO4/c1-26-15-22(14-24)10-11-23(13-22)21(25)27-12-20-18-8-4-2-6-16(18)17-7-3-5-9-19(17)20/h2-9,20,24H,10-15H2,1H3. The Balaban J connectivity index is 1.46. The molecule has 1 saturated heterocycles. The molecule has 27 heavy (non-hydrogen) atoms. The molecule has 2 aromatic carbocycles. The van der Waals surface area contributed by atoms with Crippen molar-refractivity contribution >= 4 is 6.09 Å². The molecule has 1 aliphatic heterocycles. The van der Waals surface area contributed by atoms with Gasteiger partial charge in [-0.3, -0.25) is 0 Å². The highest BCUT2D eigenvalue weighted by atomic mass is 16.6. The molecule has 1 aliphatic carbocycles. The van der Waals surface area contributed by atoms with Crippen molar-refractivity contribution in [3.05, 3.63) is 59.7 Å². The minimum Gasteiger partial charge on any atom is -0.448 e. The minimum atomic E-state index is -0.375. The first kappa shape index (κ1) is 18.0. The summed E-state index contributed by atoms with van der Waals surface area (Å²) in [6, 6.07) is 16.6. The van der Waals surface area contributed by atoms with Crippen LogP contribution in [0.2, 0.25) is 0 Å². The zero-order valence-corrected chi connectivity index (χ0v) is 15.6. The van der Waals surface area contributed by atoms with Gasteiger partial charge in [-0.25, -0.2) is 4.79 Å². The highest BCUT2D eigenvalue weighted by molar-refractivity contribution is 5.79. The first-order valence-corrected chi connectivity index (χ1v) is 9.37. The van der Waals surface area contributed by atoms with Gasteiger partial charge >= 0.3 is 6.09 Å². The van der Waals surface area contributed by atoms with Gasteiger partial charge in [0.1, 0.15) is 6.61 Å². The fourth-order valence-electron chi connectivity index (χ4n) is 4.37. The lowest BCUT2D eigenvalue weighted by Crippen LogP contribution is -2.37. The van der Waals surface area contributed by atoms with Crippen molar-refractivity contribution in [2.24, 2.45) is 5.41 Å². The van der Waals surface area contributed by atoms with Crippen LogP contribution in [0.5, 0.6) is 0 Å². The number of aliphatic hydroxyl groups excluding tert-OH is 1. The van der Waals surface area contributed by atoms with Crippen LogP contribution in [0.4, 0.5) is 4.79 Å². The number of amides is 1. The summed E-state index contributed by atoms with van der Waals surface area (Å²) >= 11 is 0. The smallest absolute Gasteiger partial charge is 0.409 e. The van der Waals surface area contributed by atoms with Gasteiger partial charge in [0, 0.05) is 31.5 Å². The maximum absolute atomic E-state index is 12.6. The first-order valence-electron chi connectivity index (χ1n) is 9.37. The monoisotopic (exact) mass is 367 g/mol. The highest BCUT2D eigenvalue weighted by Crippen LogP contribution is 2.44. The summed E-state index contributed by atoms with van der Waals surface area (Å²) in [5, 5.41) is 9.71. The number of hydrogen-bond acceptors (Lipinski definition) is 4. The van der Waals surface area contributed by atoms with Crippen molar-refractivity contribution < 1.29 is 19.4 Å². The van der Waals surface area contributed by atoms with Gasteiger partial charge in [0.05, 0.1) is 13.2 Å². The SMILES string of the molecule is COCC1(CO)CCN(C(=O)OCC2c3ccccc3-c3ccccc32)C1. The number of nitrogens with zero attached hydrogens (tertiary/aromatic N) is 1. The molecule has 1 amide bonds. The lowest BCUT2D eigenvalue weighted by molar-refractivity contribution is 0.0336. The topological polar surface area (TPSA) is 59.0 Å². The Labute approximate surface area is 159 Å². The maximum atomic E-state index is 12.6. The number of fused-ring (bicyclic) bond motifs is 3. The normalized spacial score (nSPS) is 21.2. The molecule has 2 aromatic rings. The average Bonchev–Trinajstić information content (AvgIpc) is 3.27. The van der Waals surface area contributed by atoms with Gasteiger partial charge in [-0.15, -0.1) is 0 Å². The molecule has 0 aromatic heterocycles. The second-order valence-corrected chi connectivity index (χ2v) is 7.57. The molecule has 5 heteroatoms. The van der Waals surface area contributed by atoms with Crippen LogP contribution in [0.15, 0.2) is 48.5 Å². The predicted octanol–water partition coefficient (Wildman–Crippen LogP) is 3.27. The maximum Gasteiger partial charge on any atom is 0.409 e. The van der Waals surface area contributed by atoms with Gasteiger partial charge in [-0.05, 0) is 28.7 Å². The Morgan fingerprint density at radius 3 is 2.37 bits per heavy atom. The molecule has 0 radical (unpaired) electrons. The van der Waals surface area contributed by atoms with E-state index >= 15 is 0 Å². The van der Waals surface area contributed by atoms with Crippen molar-refractivity contribution in [2.45, 2.75) is 12.3 Å². The summed E-state index contributed by atoms with van der Waals surface area (Å²) in [4.78, 5) is 14.3. The summed E-state index contributed by atoms with van der Waals surface area (Å²) in [5.74, 6) is 0.0607. The Hall–Kier alpha value is -2.37. The van der Waals surface area contributed by atoms with Crippen LogP contribution < -0.4 is 0 Å². The molecule has 2 aliphatic rings. The third kappa shape index (κ3) is 3.22. The molecule has 1 atom stereocenters. The van der Waals surface area contributed by atoms with Gasteiger partial charge < -0.3 is 19.5 Å². The molecule has 0 saturated carbocycles. The number of ether oxygens (including phenoxy) is 2. The van der Waals surface area contributed by atoms with Crippen LogP contribution in [-0.4, -0.2) is 56.1 Å². The van der Waals surface area contributed by atoms with Crippen LogP contribution in [0, 0.1) is 5.41 Å². The molecular weight excluding hydrogens is 342 g/mol. The molecule has 1 N–H and O–H groups in total. The quantitative estimate of drug-likeness (QED) is 0.881. The van der Waals surface area contributed by atoms with Crippen molar-refractivity contribution in [3.8, 4) is 11.1 Å². The molecular formula is C22H25NO4. The summed E-state index contributed by atoms with van der Waals surface area (Å²) < 4.78 is 10.9. The Morgan fingerprint density at radius 1 is 1.15 bits per heavy atom. The Bertz CT molecular complexity index is 791. The van der Waals surface area contributed by atoms with Crippen LogP contribution in [0.1, 0.15) is 23.5 Å². The van der Waals surface area contributed by atoms with Crippen LogP contribution in [0.25, 0.3) is 11.1 Å². The van der Waals surface area contributed by atoms with Crippen molar-refractivity contribution in [3.63, 3.8) is 0 Å². The summed E-state index contributed by atoms with van der Waals surface area (Å²) in [6.07, 6.45) is 0.407. The summed E-state index contributed by atoms with van der Waals surface area (Å²) in [5.41, 5.74) is 4.47. The average molecular weight is 367 g/mol. The highest BCUT2D eigenvalue weighted by Gasteiger charge is 2.40. The Morgan fingerprint density at radius 2 is 1.78 bits per heavy atom. The first-order chi connectivity index (χ1) is 13.2. The van der Waals surface area contributed by atoms with E-state index in [2.05, 4.69) is 24.3 Å². The van der Waals surface area contributed by atoms with E-state index in [1.807, 2.05) is 24.3 Å². The van der Waals surface area contributed by atoms with Crippen LogP contribution in [-0.2, 0) is 9.47 Å². The van der Waals surface area contributed by atoms with E-state index in [1.165, 1.54) is 22.3 Å². The van der Waals surface area contributed by atoms with E-state index in [1.54, 1.807) is 12.0 Å². The van der Waals surface area contributed by atoms with Gasteiger partial charge in [-0.1, -0.05) is 48.5 Å². The lowest BCUT2D eigenvalue weighted by Gasteiger charge is -2.26. The number of carbonyl (C=O) groups is 1. The minimum absolute atomic E-state index is 0.00793. The second kappa shape index (κ2) is 7.33. The zero-order valence-electron chi connectivity index (χ0n) is 15.6. The van der Waals surface area contributed by atoms with Gasteiger partial charge in [0.2, 0.25) is 0 Å². The number of hydrogen-bond donors (Lipinski definition) is 1. The van der Waals surface area contributed by atoms with E-state index in [0.29, 0.717) is 26.3 Å². The summed E-state index contributed by atoms with van der Waals surface area (Å²) in [6.45, 7) is 1.82. The molecule has 5 nitrogen and oxygen atoms in total. The number of rotatable bonds is 5. The molecule has 4 rings (SSSR count). The number of benzene rings is 2. The van der Waals surface area contributed by atoms with Crippen LogP contribution in [0.3, 0.4) is 0 Å². The zero-order chi connectivity index (χ0) is 18.9. The van der Waals surface area contributed by atoms with E-state index < -0.39 is 0 Å². The fourth-order valence-corrected chi connectivity index (χ4v) is 4.37. The molecule has 0 spiro atoms. The molecule has 1 heterocycles. The van der Waals surface area contributed by atoms with Crippen molar-refractivity contribution in [2.75, 3.05) is 40.0 Å². The van der Waals surface area contributed by atoms with E-state index in [4.69, 9.17) is 9.47 Å². The summed E-state index contributed by atoms with van der Waals surface area (Å²) in [7, 11) is 1.62. The third-order valence-corrected chi connectivity index (χ3v) is 5.82. The molecule has 1 fully saturated rings. The van der Waals surface area contributed by atoms with E-state index in [-0.39, 0.29) is 24.0 Å². The molecule has 1 unspecified atom stereocenters. The lowest BCUT2D eigenvalue weighted by atomic mass is 9.89.